The lowest BCUT2D eigenvalue weighted by atomic mass is 10.2. The molecule has 0 aliphatic carbocycles. The molecule has 1 aliphatic heterocycles. The van der Waals surface area contributed by atoms with Crippen molar-refractivity contribution >= 4 is 17.2 Å². The Kier molecular flexibility index (Phi) is 5.07. The second kappa shape index (κ2) is 7.64. The second-order valence-electron chi connectivity index (χ2n) is 6.94. The quantitative estimate of drug-likeness (QED) is 0.734. The normalized spacial score (nSPS) is 14.0. The minimum atomic E-state index is -0.0542. The standard InChI is InChI=1S/C19H24N6OS/c1-13-12-15(14(2)25(13)19-21-9-11-27-19)18(26)20-8-7-17-23-22-16-6-4-3-5-10-24(16)17/h9,11-12H,3-8,10H2,1-2H3,(H,20,26). The highest BCUT2D eigenvalue weighted by Gasteiger charge is 2.18. The van der Waals surface area contributed by atoms with E-state index in [1.807, 2.05) is 29.9 Å². The van der Waals surface area contributed by atoms with Gasteiger partial charge >= 0.3 is 0 Å². The van der Waals surface area contributed by atoms with Gasteiger partial charge in [-0.15, -0.1) is 21.5 Å². The first-order valence-electron chi connectivity index (χ1n) is 9.43. The van der Waals surface area contributed by atoms with Crippen LogP contribution in [0.4, 0.5) is 0 Å². The molecule has 8 heteroatoms. The molecule has 0 unspecified atom stereocenters. The van der Waals surface area contributed by atoms with Gasteiger partial charge in [-0.2, -0.15) is 0 Å². The van der Waals surface area contributed by atoms with Crippen molar-refractivity contribution in [3.63, 3.8) is 0 Å². The fraction of sp³-hybridized carbons (Fsp3) is 0.474. The van der Waals surface area contributed by atoms with E-state index < -0.39 is 0 Å². The van der Waals surface area contributed by atoms with E-state index in [1.165, 1.54) is 19.3 Å². The van der Waals surface area contributed by atoms with E-state index >= 15 is 0 Å². The van der Waals surface area contributed by atoms with Gasteiger partial charge in [0.05, 0.1) is 5.56 Å². The Morgan fingerprint density at radius 3 is 2.96 bits per heavy atom. The Morgan fingerprint density at radius 1 is 1.26 bits per heavy atom. The summed E-state index contributed by atoms with van der Waals surface area (Å²) in [6, 6.07) is 1.93. The summed E-state index contributed by atoms with van der Waals surface area (Å²) < 4.78 is 4.26. The summed E-state index contributed by atoms with van der Waals surface area (Å²) in [4.78, 5) is 17.0. The molecule has 0 saturated heterocycles. The number of nitrogens with one attached hydrogen (secondary N) is 1. The van der Waals surface area contributed by atoms with E-state index in [2.05, 4.69) is 25.1 Å². The number of nitrogens with zero attached hydrogens (tertiary/aromatic N) is 5. The van der Waals surface area contributed by atoms with Crippen molar-refractivity contribution in [3.05, 3.63) is 46.2 Å². The smallest absolute Gasteiger partial charge is 0.253 e. The largest absolute Gasteiger partial charge is 0.352 e. The van der Waals surface area contributed by atoms with Gasteiger partial charge in [0.15, 0.2) is 5.13 Å². The van der Waals surface area contributed by atoms with Crippen molar-refractivity contribution in [3.8, 4) is 5.13 Å². The maximum absolute atomic E-state index is 12.7. The lowest BCUT2D eigenvalue weighted by molar-refractivity contribution is 0.0953. The molecule has 0 bridgehead atoms. The van der Waals surface area contributed by atoms with Crippen LogP contribution < -0.4 is 5.32 Å². The van der Waals surface area contributed by atoms with E-state index in [9.17, 15) is 4.79 Å². The van der Waals surface area contributed by atoms with Crippen molar-refractivity contribution in [2.45, 2.75) is 52.5 Å². The van der Waals surface area contributed by atoms with Gasteiger partial charge < -0.3 is 9.88 Å². The van der Waals surface area contributed by atoms with Crippen molar-refractivity contribution < 1.29 is 4.79 Å². The molecular formula is C19H24N6OS. The lowest BCUT2D eigenvalue weighted by Crippen LogP contribution is -2.27. The summed E-state index contributed by atoms with van der Waals surface area (Å²) in [5, 5.41) is 14.5. The van der Waals surface area contributed by atoms with Crippen molar-refractivity contribution in [1.82, 2.24) is 29.6 Å². The highest BCUT2D eigenvalue weighted by atomic mass is 32.1. The van der Waals surface area contributed by atoms with E-state index in [1.54, 1.807) is 17.5 Å². The molecule has 0 saturated carbocycles. The van der Waals surface area contributed by atoms with Crippen LogP contribution in [0.3, 0.4) is 0 Å². The number of rotatable bonds is 5. The number of carbonyl (C=O) groups is 1. The minimum absolute atomic E-state index is 0.0542. The topological polar surface area (TPSA) is 77.6 Å². The first-order chi connectivity index (χ1) is 13.1. The zero-order valence-corrected chi connectivity index (χ0v) is 16.6. The van der Waals surface area contributed by atoms with Crippen LogP contribution in [0.25, 0.3) is 5.13 Å². The zero-order valence-electron chi connectivity index (χ0n) is 15.7. The van der Waals surface area contributed by atoms with Gasteiger partial charge in [-0.1, -0.05) is 6.42 Å². The molecule has 0 atom stereocenters. The van der Waals surface area contributed by atoms with E-state index in [0.29, 0.717) is 18.5 Å². The number of thiazole rings is 1. The number of fused-ring (bicyclic) bond motifs is 1. The highest BCUT2D eigenvalue weighted by molar-refractivity contribution is 7.12. The Labute approximate surface area is 162 Å². The number of aryl methyl sites for hydroxylation is 2. The summed E-state index contributed by atoms with van der Waals surface area (Å²) in [7, 11) is 0. The molecule has 3 aromatic heterocycles. The second-order valence-corrected chi connectivity index (χ2v) is 7.81. The van der Waals surface area contributed by atoms with Gasteiger partial charge in [0.1, 0.15) is 11.6 Å². The predicted molar refractivity (Wildman–Crippen MR) is 105 cm³/mol. The maximum atomic E-state index is 12.7. The van der Waals surface area contributed by atoms with Crippen LogP contribution >= 0.6 is 11.3 Å². The summed E-state index contributed by atoms with van der Waals surface area (Å²) in [5.74, 6) is 2.00. The number of hydrogen-bond acceptors (Lipinski definition) is 5. The first kappa shape index (κ1) is 17.9. The molecule has 4 rings (SSSR count). The number of hydrogen-bond donors (Lipinski definition) is 1. The molecule has 0 fully saturated rings. The van der Waals surface area contributed by atoms with Crippen LogP contribution in [0.15, 0.2) is 17.6 Å². The first-order valence-corrected chi connectivity index (χ1v) is 10.3. The van der Waals surface area contributed by atoms with Gasteiger partial charge in [0.2, 0.25) is 0 Å². The third-order valence-corrected chi connectivity index (χ3v) is 5.86. The summed E-state index contributed by atoms with van der Waals surface area (Å²) in [6.45, 7) is 5.50. The van der Waals surface area contributed by atoms with Crippen molar-refractivity contribution in [2.24, 2.45) is 0 Å². The third-order valence-electron chi connectivity index (χ3n) is 5.11. The monoisotopic (exact) mass is 384 g/mol. The number of amides is 1. The van der Waals surface area contributed by atoms with Crippen LogP contribution in [0.2, 0.25) is 0 Å². The maximum Gasteiger partial charge on any atom is 0.253 e. The SMILES string of the molecule is Cc1cc(C(=O)NCCc2nnc3n2CCCCC3)c(C)n1-c1nccs1. The van der Waals surface area contributed by atoms with Gasteiger partial charge in [0, 0.05) is 48.9 Å². The molecule has 142 valence electrons. The number of carbonyl (C=O) groups excluding carboxylic acids is 1. The molecule has 1 aliphatic rings. The van der Waals surface area contributed by atoms with Gasteiger partial charge in [-0.3, -0.25) is 9.36 Å². The Morgan fingerprint density at radius 2 is 2.15 bits per heavy atom. The molecular weight excluding hydrogens is 360 g/mol. The van der Waals surface area contributed by atoms with Crippen LogP contribution in [-0.4, -0.2) is 36.8 Å². The summed E-state index contributed by atoms with van der Waals surface area (Å²) in [5.41, 5.74) is 2.62. The van der Waals surface area contributed by atoms with Crippen LogP contribution in [0.5, 0.6) is 0 Å². The Hall–Kier alpha value is -2.48. The van der Waals surface area contributed by atoms with E-state index in [4.69, 9.17) is 0 Å². The molecule has 3 aromatic rings. The molecule has 4 heterocycles. The van der Waals surface area contributed by atoms with Crippen LogP contribution in [0.1, 0.15) is 52.7 Å². The molecule has 7 nitrogen and oxygen atoms in total. The molecule has 0 aromatic carbocycles. The molecule has 0 spiro atoms. The Bertz CT molecular complexity index is 940. The average molecular weight is 385 g/mol. The summed E-state index contributed by atoms with van der Waals surface area (Å²) in [6.07, 6.45) is 7.08. The molecule has 27 heavy (non-hydrogen) atoms. The van der Waals surface area contributed by atoms with Crippen LogP contribution in [0, 0.1) is 13.8 Å². The zero-order chi connectivity index (χ0) is 18.8. The third kappa shape index (κ3) is 3.53. The average Bonchev–Trinajstić information content (AvgIpc) is 3.32. The lowest BCUT2D eigenvalue weighted by Gasteiger charge is -2.08. The predicted octanol–water partition coefficient (Wildman–Crippen LogP) is 2.84. The van der Waals surface area contributed by atoms with E-state index in [-0.39, 0.29) is 5.91 Å². The van der Waals surface area contributed by atoms with Gasteiger partial charge in [0.25, 0.3) is 5.91 Å². The Balaban J connectivity index is 1.42. The van der Waals surface area contributed by atoms with Gasteiger partial charge in [-0.05, 0) is 32.8 Å². The molecule has 1 amide bonds. The highest BCUT2D eigenvalue weighted by Crippen LogP contribution is 2.22. The number of aromatic nitrogens is 5. The fourth-order valence-electron chi connectivity index (χ4n) is 3.73. The van der Waals surface area contributed by atoms with Gasteiger partial charge in [-0.25, -0.2) is 4.98 Å². The summed E-state index contributed by atoms with van der Waals surface area (Å²) >= 11 is 1.56. The minimum Gasteiger partial charge on any atom is -0.352 e. The van der Waals surface area contributed by atoms with Crippen LogP contribution in [-0.2, 0) is 19.4 Å². The fourth-order valence-corrected chi connectivity index (χ4v) is 4.48. The van der Waals surface area contributed by atoms with Crippen molar-refractivity contribution in [2.75, 3.05) is 6.54 Å². The van der Waals surface area contributed by atoms with Crippen molar-refractivity contribution in [1.29, 1.82) is 0 Å². The molecule has 1 N–H and O–H groups in total. The molecule has 0 radical (unpaired) electrons. The van der Waals surface area contributed by atoms with E-state index in [0.717, 1.165) is 41.1 Å².